The number of nitrogens with one attached hydrogen (secondary N) is 2. The molecule has 6 nitrogen and oxygen atoms in total. The van der Waals surface area contributed by atoms with Crippen LogP contribution < -0.4 is 21.3 Å². The summed E-state index contributed by atoms with van der Waals surface area (Å²) < 4.78 is 0. The van der Waals surface area contributed by atoms with Crippen molar-refractivity contribution in [3.8, 4) is 11.1 Å². The predicted octanol–water partition coefficient (Wildman–Crippen LogP) is 4.03. The van der Waals surface area contributed by atoms with Crippen molar-refractivity contribution in [2.24, 2.45) is 0 Å². The van der Waals surface area contributed by atoms with Crippen LogP contribution in [0.15, 0.2) is 72.9 Å². The SMILES string of the molecule is Nc1cccc(-c2cccc3cnc(Nc4ccc(N5CCNCC5)cc4)nc23)c1. The molecule has 1 aliphatic rings. The molecule has 4 N–H and O–H groups in total. The number of benzene rings is 3. The van der Waals surface area contributed by atoms with E-state index in [2.05, 4.69) is 56.9 Å². The van der Waals surface area contributed by atoms with E-state index in [-0.39, 0.29) is 0 Å². The van der Waals surface area contributed by atoms with Crippen LogP contribution in [-0.4, -0.2) is 36.1 Å². The maximum absolute atomic E-state index is 5.99. The van der Waals surface area contributed by atoms with Crippen molar-refractivity contribution in [3.63, 3.8) is 0 Å². The standard InChI is InChI=1S/C24H24N6/c25-19-5-1-3-17(15-19)22-6-2-4-18-16-27-24(29-23(18)22)28-20-7-9-21(10-8-20)30-13-11-26-12-14-30/h1-10,15-16,26H,11-14,25H2,(H,27,28,29). The van der Waals surface area contributed by atoms with Gasteiger partial charge in [0.05, 0.1) is 5.52 Å². The van der Waals surface area contributed by atoms with Crippen LogP contribution in [0.25, 0.3) is 22.0 Å². The van der Waals surface area contributed by atoms with Crippen molar-refractivity contribution in [2.45, 2.75) is 0 Å². The Morgan fingerprint density at radius 2 is 1.73 bits per heavy atom. The molecule has 0 radical (unpaired) electrons. The quantitative estimate of drug-likeness (QED) is 0.452. The van der Waals surface area contributed by atoms with Gasteiger partial charge in [-0.25, -0.2) is 9.97 Å². The van der Waals surface area contributed by atoms with E-state index in [1.807, 2.05) is 36.5 Å². The van der Waals surface area contributed by atoms with Gasteiger partial charge >= 0.3 is 0 Å². The molecule has 3 aromatic carbocycles. The molecule has 1 aromatic heterocycles. The summed E-state index contributed by atoms with van der Waals surface area (Å²) in [7, 11) is 0. The molecule has 0 saturated carbocycles. The molecule has 30 heavy (non-hydrogen) atoms. The Balaban J connectivity index is 1.43. The van der Waals surface area contributed by atoms with Gasteiger partial charge in [-0.15, -0.1) is 0 Å². The molecule has 0 bridgehead atoms. The lowest BCUT2D eigenvalue weighted by atomic mass is 10.0. The van der Waals surface area contributed by atoms with Crippen LogP contribution in [0.5, 0.6) is 0 Å². The number of nitrogen functional groups attached to an aromatic ring is 1. The van der Waals surface area contributed by atoms with Gasteiger partial charge in [0.1, 0.15) is 0 Å². The van der Waals surface area contributed by atoms with Crippen LogP contribution in [0.4, 0.5) is 23.0 Å². The fourth-order valence-corrected chi connectivity index (χ4v) is 3.86. The van der Waals surface area contributed by atoms with Crippen molar-refractivity contribution in [2.75, 3.05) is 42.1 Å². The second-order valence-corrected chi connectivity index (χ2v) is 7.47. The smallest absolute Gasteiger partial charge is 0.227 e. The van der Waals surface area contributed by atoms with E-state index in [1.165, 1.54) is 5.69 Å². The Morgan fingerprint density at radius 1 is 0.933 bits per heavy atom. The summed E-state index contributed by atoms with van der Waals surface area (Å²) in [5.41, 5.74) is 11.9. The molecule has 6 heteroatoms. The molecule has 0 atom stereocenters. The van der Waals surface area contributed by atoms with E-state index in [4.69, 9.17) is 10.7 Å². The highest BCUT2D eigenvalue weighted by Gasteiger charge is 2.11. The number of piperazine rings is 1. The van der Waals surface area contributed by atoms with E-state index in [0.29, 0.717) is 5.95 Å². The van der Waals surface area contributed by atoms with Gasteiger partial charge in [0.15, 0.2) is 0 Å². The Labute approximate surface area is 175 Å². The second-order valence-electron chi connectivity index (χ2n) is 7.47. The van der Waals surface area contributed by atoms with Crippen molar-refractivity contribution in [3.05, 3.63) is 72.9 Å². The number of fused-ring (bicyclic) bond motifs is 1. The number of nitrogens with zero attached hydrogens (tertiary/aromatic N) is 3. The zero-order valence-electron chi connectivity index (χ0n) is 16.7. The number of para-hydroxylation sites is 1. The van der Waals surface area contributed by atoms with Crippen LogP contribution in [-0.2, 0) is 0 Å². The van der Waals surface area contributed by atoms with Crippen molar-refractivity contribution >= 4 is 33.9 Å². The molecule has 2 heterocycles. The van der Waals surface area contributed by atoms with Gasteiger partial charge in [0.2, 0.25) is 5.95 Å². The van der Waals surface area contributed by atoms with Crippen LogP contribution in [0.3, 0.4) is 0 Å². The van der Waals surface area contributed by atoms with Gasteiger partial charge < -0.3 is 21.3 Å². The average molecular weight is 396 g/mol. The molecule has 0 spiro atoms. The summed E-state index contributed by atoms with van der Waals surface area (Å²) in [4.78, 5) is 11.7. The fourth-order valence-electron chi connectivity index (χ4n) is 3.86. The number of hydrogen-bond acceptors (Lipinski definition) is 6. The maximum Gasteiger partial charge on any atom is 0.227 e. The number of nitrogens with two attached hydrogens (primary N) is 1. The maximum atomic E-state index is 5.99. The number of aromatic nitrogens is 2. The molecule has 1 fully saturated rings. The Kier molecular flexibility index (Phi) is 4.91. The molecule has 5 rings (SSSR count). The van der Waals surface area contributed by atoms with E-state index in [9.17, 15) is 0 Å². The van der Waals surface area contributed by atoms with E-state index >= 15 is 0 Å². The summed E-state index contributed by atoms with van der Waals surface area (Å²) in [6.45, 7) is 4.13. The number of rotatable bonds is 4. The first-order valence-electron chi connectivity index (χ1n) is 10.2. The van der Waals surface area contributed by atoms with E-state index in [1.54, 1.807) is 0 Å². The largest absolute Gasteiger partial charge is 0.399 e. The molecule has 150 valence electrons. The van der Waals surface area contributed by atoms with Crippen molar-refractivity contribution in [1.29, 1.82) is 0 Å². The zero-order valence-corrected chi connectivity index (χ0v) is 16.7. The van der Waals surface area contributed by atoms with Gasteiger partial charge in [0, 0.05) is 60.4 Å². The molecular weight excluding hydrogens is 372 g/mol. The Bertz CT molecular complexity index is 1170. The summed E-state index contributed by atoms with van der Waals surface area (Å²) in [6.07, 6.45) is 1.86. The molecule has 4 aromatic rings. The zero-order chi connectivity index (χ0) is 20.3. The lowest BCUT2D eigenvalue weighted by molar-refractivity contribution is 0.589. The summed E-state index contributed by atoms with van der Waals surface area (Å²) in [5, 5.41) is 7.72. The molecule has 0 amide bonds. The van der Waals surface area contributed by atoms with E-state index in [0.717, 1.165) is 59.6 Å². The van der Waals surface area contributed by atoms with Crippen LogP contribution in [0.1, 0.15) is 0 Å². The van der Waals surface area contributed by atoms with Gasteiger partial charge in [-0.3, -0.25) is 0 Å². The summed E-state index contributed by atoms with van der Waals surface area (Å²) >= 11 is 0. The monoisotopic (exact) mass is 396 g/mol. The first kappa shape index (κ1) is 18.4. The lowest BCUT2D eigenvalue weighted by Crippen LogP contribution is -2.43. The van der Waals surface area contributed by atoms with E-state index < -0.39 is 0 Å². The summed E-state index contributed by atoms with van der Waals surface area (Å²) in [6, 6.07) is 22.4. The molecular formula is C24H24N6. The minimum absolute atomic E-state index is 0.578. The van der Waals surface area contributed by atoms with Gasteiger partial charge in [-0.2, -0.15) is 0 Å². The summed E-state index contributed by atoms with van der Waals surface area (Å²) in [5.74, 6) is 0.578. The predicted molar refractivity (Wildman–Crippen MR) is 124 cm³/mol. The highest BCUT2D eigenvalue weighted by molar-refractivity contribution is 5.94. The molecule has 1 saturated heterocycles. The van der Waals surface area contributed by atoms with Crippen molar-refractivity contribution < 1.29 is 0 Å². The number of anilines is 4. The van der Waals surface area contributed by atoms with Gasteiger partial charge in [-0.1, -0.05) is 30.3 Å². The first-order valence-corrected chi connectivity index (χ1v) is 10.2. The third-order valence-electron chi connectivity index (χ3n) is 5.41. The molecule has 0 unspecified atom stereocenters. The van der Waals surface area contributed by atoms with Crippen LogP contribution in [0, 0.1) is 0 Å². The van der Waals surface area contributed by atoms with Crippen LogP contribution in [0.2, 0.25) is 0 Å². The first-order chi connectivity index (χ1) is 14.8. The third kappa shape index (κ3) is 3.77. The minimum atomic E-state index is 0.578. The lowest BCUT2D eigenvalue weighted by Gasteiger charge is -2.29. The second kappa shape index (κ2) is 8.00. The Morgan fingerprint density at radius 3 is 2.53 bits per heavy atom. The fraction of sp³-hybridized carbons (Fsp3) is 0.167. The number of hydrogen-bond donors (Lipinski definition) is 3. The molecule has 0 aliphatic carbocycles. The van der Waals surface area contributed by atoms with Crippen LogP contribution >= 0.6 is 0 Å². The Hall–Kier alpha value is -3.64. The van der Waals surface area contributed by atoms with Crippen molar-refractivity contribution in [1.82, 2.24) is 15.3 Å². The third-order valence-corrected chi connectivity index (χ3v) is 5.41. The highest BCUT2D eigenvalue weighted by atomic mass is 15.2. The highest BCUT2D eigenvalue weighted by Crippen LogP contribution is 2.29. The topological polar surface area (TPSA) is 79.1 Å². The molecule has 1 aliphatic heterocycles. The van der Waals surface area contributed by atoms with Gasteiger partial charge in [-0.05, 0) is 42.0 Å². The van der Waals surface area contributed by atoms with Gasteiger partial charge in [0.25, 0.3) is 0 Å². The average Bonchev–Trinajstić information content (AvgIpc) is 2.80. The normalized spacial score (nSPS) is 14.1. The minimum Gasteiger partial charge on any atom is -0.399 e.